The van der Waals surface area contributed by atoms with Gasteiger partial charge in [0.1, 0.15) is 5.82 Å². The number of anilines is 1. The third-order valence-corrected chi connectivity index (χ3v) is 3.20. The van der Waals surface area contributed by atoms with Gasteiger partial charge >= 0.3 is 0 Å². The molecule has 0 atom stereocenters. The smallest absolute Gasteiger partial charge is 0.271 e. The Balaban J connectivity index is 2.10. The Hall–Kier alpha value is -2.14. The number of nitrogens with zero attached hydrogens (tertiary/aromatic N) is 1. The lowest BCUT2D eigenvalue weighted by atomic mass is 10.1. The van der Waals surface area contributed by atoms with E-state index in [0.29, 0.717) is 17.8 Å². The lowest BCUT2D eigenvalue weighted by Crippen LogP contribution is -2.01. The first kappa shape index (κ1) is 14.3. The highest BCUT2D eigenvalue weighted by atomic mass is 35.5. The van der Waals surface area contributed by atoms with E-state index in [0.717, 1.165) is 5.56 Å². The predicted molar refractivity (Wildman–Crippen MR) is 76.6 cm³/mol. The van der Waals surface area contributed by atoms with Crippen LogP contribution in [0.4, 0.5) is 15.8 Å². The van der Waals surface area contributed by atoms with Gasteiger partial charge in [0.05, 0.1) is 15.6 Å². The summed E-state index contributed by atoms with van der Waals surface area (Å²) in [6, 6.07) is 9.13. The maximum Gasteiger partial charge on any atom is 0.271 e. The van der Waals surface area contributed by atoms with E-state index >= 15 is 0 Å². The summed E-state index contributed by atoms with van der Waals surface area (Å²) in [7, 11) is 0. The van der Waals surface area contributed by atoms with Crippen molar-refractivity contribution in [2.45, 2.75) is 13.5 Å². The Bertz CT molecular complexity index is 662. The number of aryl methyl sites for hydroxylation is 1. The highest BCUT2D eigenvalue weighted by Crippen LogP contribution is 2.27. The number of nitro benzene ring substituents is 1. The summed E-state index contributed by atoms with van der Waals surface area (Å²) in [5.74, 6) is -0.265. The van der Waals surface area contributed by atoms with Crippen molar-refractivity contribution in [1.29, 1.82) is 0 Å². The lowest BCUT2D eigenvalue weighted by Gasteiger charge is -2.09. The summed E-state index contributed by atoms with van der Waals surface area (Å²) in [4.78, 5) is 10.1. The summed E-state index contributed by atoms with van der Waals surface area (Å²) >= 11 is 5.96. The van der Waals surface area contributed by atoms with Crippen LogP contribution in [0.3, 0.4) is 0 Å². The van der Waals surface area contributed by atoms with E-state index in [9.17, 15) is 14.5 Å². The summed E-state index contributed by atoms with van der Waals surface area (Å²) < 4.78 is 13.4. The molecule has 0 bridgehead atoms. The number of hydrogen-bond donors (Lipinski definition) is 1. The molecule has 0 spiro atoms. The van der Waals surface area contributed by atoms with Crippen molar-refractivity contribution >= 4 is 23.0 Å². The van der Waals surface area contributed by atoms with E-state index in [4.69, 9.17) is 11.6 Å². The molecule has 0 heterocycles. The van der Waals surface area contributed by atoms with Crippen LogP contribution >= 0.6 is 11.6 Å². The first-order chi connectivity index (χ1) is 9.47. The van der Waals surface area contributed by atoms with Gasteiger partial charge in [-0.1, -0.05) is 23.7 Å². The zero-order valence-electron chi connectivity index (χ0n) is 10.7. The number of benzene rings is 2. The third kappa shape index (κ3) is 3.24. The van der Waals surface area contributed by atoms with Crippen LogP contribution in [0, 0.1) is 22.9 Å². The molecule has 104 valence electrons. The largest absolute Gasteiger partial charge is 0.380 e. The average molecular weight is 295 g/mol. The molecular formula is C14H12ClFN2O2. The van der Waals surface area contributed by atoms with E-state index in [1.54, 1.807) is 13.0 Å². The van der Waals surface area contributed by atoms with Gasteiger partial charge in [-0.05, 0) is 30.2 Å². The molecule has 0 unspecified atom stereocenters. The maximum atomic E-state index is 13.4. The number of nitrogens with one attached hydrogen (secondary N) is 1. The molecule has 0 fully saturated rings. The van der Waals surface area contributed by atoms with Crippen LogP contribution in [0.25, 0.3) is 0 Å². The standard InChI is InChI=1S/C14H12ClFN2O2/c1-9-2-3-10(6-13(9)16)8-17-14-5-4-11(18(19)20)7-12(14)15/h2-7,17H,8H2,1H3. The molecule has 6 heteroatoms. The summed E-state index contributed by atoms with van der Waals surface area (Å²) in [5.41, 5.74) is 1.85. The minimum Gasteiger partial charge on any atom is -0.380 e. The molecule has 0 radical (unpaired) electrons. The van der Waals surface area contributed by atoms with E-state index in [1.165, 1.54) is 24.3 Å². The quantitative estimate of drug-likeness (QED) is 0.675. The molecule has 0 saturated heterocycles. The van der Waals surface area contributed by atoms with Gasteiger partial charge in [-0.3, -0.25) is 10.1 Å². The van der Waals surface area contributed by atoms with Crippen LogP contribution in [-0.2, 0) is 6.54 Å². The van der Waals surface area contributed by atoms with Gasteiger partial charge in [-0.2, -0.15) is 0 Å². The van der Waals surface area contributed by atoms with Crippen molar-refractivity contribution in [3.05, 3.63) is 68.5 Å². The fraction of sp³-hybridized carbons (Fsp3) is 0.143. The topological polar surface area (TPSA) is 55.2 Å². The van der Waals surface area contributed by atoms with Gasteiger partial charge in [-0.15, -0.1) is 0 Å². The van der Waals surface area contributed by atoms with Crippen molar-refractivity contribution in [2.75, 3.05) is 5.32 Å². The Morgan fingerprint density at radius 1 is 1.30 bits per heavy atom. The van der Waals surface area contributed by atoms with Gasteiger partial charge < -0.3 is 5.32 Å². The second-order valence-electron chi connectivity index (χ2n) is 4.36. The second-order valence-corrected chi connectivity index (χ2v) is 4.77. The molecule has 2 aromatic carbocycles. The van der Waals surface area contributed by atoms with Crippen LogP contribution < -0.4 is 5.32 Å². The fourth-order valence-corrected chi connectivity index (χ4v) is 1.95. The second kappa shape index (κ2) is 5.88. The number of nitro groups is 1. The molecule has 2 aromatic rings. The molecule has 0 amide bonds. The zero-order chi connectivity index (χ0) is 14.7. The van der Waals surface area contributed by atoms with Crippen LogP contribution in [-0.4, -0.2) is 4.92 Å². The van der Waals surface area contributed by atoms with Crippen molar-refractivity contribution in [1.82, 2.24) is 0 Å². The van der Waals surface area contributed by atoms with Crippen LogP contribution in [0.2, 0.25) is 5.02 Å². The average Bonchev–Trinajstić information content (AvgIpc) is 2.41. The highest BCUT2D eigenvalue weighted by Gasteiger charge is 2.09. The zero-order valence-corrected chi connectivity index (χ0v) is 11.4. The summed E-state index contributed by atoms with van der Waals surface area (Å²) in [5, 5.41) is 13.9. The lowest BCUT2D eigenvalue weighted by molar-refractivity contribution is -0.384. The first-order valence-electron chi connectivity index (χ1n) is 5.90. The molecule has 0 aromatic heterocycles. The monoisotopic (exact) mass is 294 g/mol. The van der Waals surface area contributed by atoms with Crippen LogP contribution in [0.15, 0.2) is 36.4 Å². The van der Waals surface area contributed by atoms with E-state index < -0.39 is 4.92 Å². The molecule has 20 heavy (non-hydrogen) atoms. The Kier molecular flexibility index (Phi) is 4.20. The Labute approximate surface area is 120 Å². The van der Waals surface area contributed by atoms with Gasteiger partial charge in [-0.25, -0.2) is 4.39 Å². The minimum atomic E-state index is -0.509. The Morgan fingerprint density at radius 2 is 2.05 bits per heavy atom. The number of rotatable bonds is 4. The molecule has 0 aliphatic heterocycles. The molecule has 4 nitrogen and oxygen atoms in total. The molecule has 0 aliphatic carbocycles. The summed E-state index contributed by atoms with van der Waals surface area (Å²) in [6.07, 6.45) is 0. The normalized spacial score (nSPS) is 10.3. The van der Waals surface area contributed by atoms with Crippen molar-refractivity contribution in [2.24, 2.45) is 0 Å². The minimum absolute atomic E-state index is 0.0677. The van der Waals surface area contributed by atoms with Crippen molar-refractivity contribution in [3.63, 3.8) is 0 Å². The van der Waals surface area contributed by atoms with Crippen molar-refractivity contribution in [3.8, 4) is 0 Å². The van der Waals surface area contributed by atoms with Crippen molar-refractivity contribution < 1.29 is 9.31 Å². The number of halogens is 2. The molecule has 1 N–H and O–H groups in total. The molecule has 2 rings (SSSR count). The molecule has 0 saturated carbocycles. The SMILES string of the molecule is Cc1ccc(CNc2ccc([N+](=O)[O-])cc2Cl)cc1F. The number of non-ortho nitro benzene ring substituents is 1. The fourth-order valence-electron chi connectivity index (χ4n) is 1.70. The third-order valence-electron chi connectivity index (χ3n) is 2.88. The first-order valence-corrected chi connectivity index (χ1v) is 6.28. The summed E-state index contributed by atoms with van der Waals surface area (Å²) in [6.45, 7) is 2.08. The van der Waals surface area contributed by atoms with E-state index in [2.05, 4.69) is 5.32 Å². The predicted octanol–water partition coefficient (Wildman–Crippen LogP) is 4.31. The van der Waals surface area contributed by atoms with Gasteiger partial charge in [0, 0.05) is 18.7 Å². The van der Waals surface area contributed by atoms with Gasteiger partial charge in [0.25, 0.3) is 5.69 Å². The maximum absolute atomic E-state index is 13.4. The van der Waals surface area contributed by atoms with E-state index in [-0.39, 0.29) is 16.5 Å². The van der Waals surface area contributed by atoms with Crippen LogP contribution in [0.1, 0.15) is 11.1 Å². The molecule has 0 aliphatic rings. The highest BCUT2D eigenvalue weighted by molar-refractivity contribution is 6.33. The van der Waals surface area contributed by atoms with E-state index in [1.807, 2.05) is 6.07 Å². The van der Waals surface area contributed by atoms with Gasteiger partial charge in [0.15, 0.2) is 0 Å². The molecular weight excluding hydrogens is 283 g/mol. The van der Waals surface area contributed by atoms with Gasteiger partial charge in [0.2, 0.25) is 0 Å². The number of hydrogen-bond acceptors (Lipinski definition) is 3. The Morgan fingerprint density at radius 3 is 2.65 bits per heavy atom. The van der Waals surface area contributed by atoms with Crippen LogP contribution in [0.5, 0.6) is 0 Å².